The van der Waals surface area contributed by atoms with E-state index in [1.54, 1.807) is 36.4 Å². The van der Waals surface area contributed by atoms with Gasteiger partial charge >= 0.3 is 0 Å². The Morgan fingerprint density at radius 3 is 2.55 bits per heavy atom. The van der Waals surface area contributed by atoms with Crippen LogP contribution in [0.25, 0.3) is 0 Å². The maximum atomic E-state index is 12.1. The lowest BCUT2D eigenvalue weighted by molar-refractivity contribution is 0.0964. The van der Waals surface area contributed by atoms with Crippen LogP contribution >= 0.6 is 0 Å². The quantitative estimate of drug-likeness (QED) is 0.782. The summed E-state index contributed by atoms with van der Waals surface area (Å²) in [5.41, 5.74) is 6.88. The molecule has 0 aliphatic heterocycles. The van der Waals surface area contributed by atoms with E-state index in [1.165, 1.54) is 13.2 Å². The summed E-state index contributed by atoms with van der Waals surface area (Å²) < 4.78 is 0. The Morgan fingerprint density at radius 1 is 1.10 bits per heavy atom. The van der Waals surface area contributed by atoms with Gasteiger partial charge in [0, 0.05) is 13.2 Å². The molecule has 0 atom stereocenters. The van der Waals surface area contributed by atoms with Crippen LogP contribution in [0.1, 0.15) is 20.8 Å². The highest BCUT2D eigenvalue weighted by Gasteiger charge is 2.15. The molecule has 2 aromatic rings. The van der Waals surface area contributed by atoms with Gasteiger partial charge in [0.05, 0.1) is 16.9 Å². The first-order valence-corrected chi connectivity index (χ1v) is 5.96. The number of rotatable bonds is 3. The first kappa shape index (κ1) is 13.5. The molecule has 0 bridgehead atoms. The number of aromatic nitrogens is 1. The molecule has 102 valence electrons. The number of anilines is 2. The monoisotopic (exact) mass is 270 g/mol. The Morgan fingerprint density at radius 2 is 1.85 bits per heavy atom. The van der Waals surface area contributed by atoms with Gasteiger partial charge in [0.25, 0.3) is 11.8 Å². The van der Waals surface area contributed by atoms with Crippen molar-refractivity contribution in [1.29, 1.82) is 0 Å². The summed E-state index contributed by atoms with van der Waals surface area (Å²) in [5.74, 6) is -0.741. The Balaban J connectivity index is 2.29. The summed E-state index contributed by atoms with van der Waals surface area (Å²) in [6.07, 6.45) is 1.48. The molecule has 2 rings (SSSR count). The molecule has 20 heavy (non-hydrogen) atoms. The van der Waals surface area contributed by atoms with Gasteiger partial charge in [-0.05, 0) is 24.3 Å². The number of nitrogens with one attached hydrogen (secondary N) is 2. The number of carbonyl (C=O) groups excluding carboxylic acids is 2. The van der Waals surface area contributed by atoms with Crippen LogP contribution in [0.4, 0.5) is 11.4 Å². The van der Waals surface area contributed by atoms with Crippen LogP contribution in [-0.2, 0) is 0 Å². The molecule has 1 aromatic heterocycles. The summed E-state index contributed by atoms with van der Waals surface area (Å²) >= 11 is 0. The fraction of sp³-hybridized carbons (Fsp3) is 0.0714. The number of para-hydroxylation sites is 1. The second-order valence-electron chi connectivity index (χ2n) is 4.02. The van der Waals surface area contributed by atoms with Gasteiger partial charge < -0.3 is 16.4 Å². The lowest BCUT2D eigenvalue weighted by Gasteiger charge is -2.10. The molecule has 0 aliphatic carbocycles. The highest BCUT2D eigenvalue weighted by Crippen LogP contribution is 2.17. The van der Waals surface area contributed by atoms with Gasteiger partial charge in [0.1, 0.15) is 0 Å². The number of pyridine rings is 1. The van der Waals surface area contributed by atoms with Crippen molar-refractivity contribution in [3.05, 3.63) is 53.9 Å². The number of nitrogens with two attached hydrogens (primary N) is 1. The third-order valence-electron chi connectivity index (χ3n) is 2.70. The summed E-state index contributed by atoms with van der Waals surface area (Å²) in [6, 6.07) is 9.94. The number of carbonyl (C=O) groups is 2. The Bertz CT molecular complexity index is 655. The van der Waals surface area contributed by atoms with Crippen LogP contribution in [0, 0.1) is 0 Å². The van der Waals surface area contributed by atoms with Crippen molar-refractivity contribution >= 4 is 23.2 Å². The predicted molar refractivity (Wildman–Crippen MR) is 76.4 cm³/mol. The largest absolute Gasteiger partial charge is 0.397 e. The molecule has 2 amide bonds. The fourth-order valence-corrected chi connectivity index (χ4v) is 1.71. The zero-order chi connectivity index (χ0) is 14.5. The summed E-state index contributed by atoms with van der Waals surface area (Å²) in [4.78, 5) is 27.8. The summed E-state index contributed by atoms with van der Waals surface area (Å²) in [6.45, 7) is 0. The average Bonchev–Trinajstić information content (AvgIpc) is 2.47. The first-order valence-electron chi connectivity index (χ1n) is 5.96. The zero-order valence-electron chi connectivity index (χ0n) is 10.9. The van der Waals surface area contributed by atoms with Crippen LogP contribution in [0.2, 0.25) is 0 Å². The maximum Gasteiger partial charge on any atom is 0.276 e. The van der Waals surface area contributed by atoms with Gasteiger partial charge in [-0.1, -0.05) is 12.1 Å². The van der Waals surface area contributed by atoms with Gasteiger partial charge in [-0.15, -0.1) is 0 Å². The van der Waals surface area contributed by atoms with E-state index < -0.39 is 5.91 Å². The minimum atomic E-state index is -0.459. The molecule has 4 N–H and O–H groups in total. The van der Waals surface area contributed by atoms with Crippen LogP contribution in [0.15, 0.2) is 42.6 Å². The van der Waals surface area contributed by atoms with E-state index in [4.69, 9.17) is 5.73 Å². The standard InChI is InChI=1S/C14H14N4O2/c1-16-13(19)9-5-2-3-7-11(9)18-14(20)12-10(15)6-4-8-17-12/h2-8H,15H2,1H3,(H,16,19)(H,18,20). The normalized spacial score (nSPS) is 9.85. The van der Waals surface area contributed by atoms with Crippen molar-refractivity contribution in [1.82, 2.24) is 10.3 Å². The number of hydrogen-bond donors (Lipinski definition) is 3. The molecule has 0 saturated heterocycles. The van der Waals surface area contributed by atoms with Gasteiger partial charge in [-0.2, -0.15) is 0 Å². The SMILES string of the molecule is CNC(=O)c1ccccc1NC(=O)c1ncccc1N. The third-order valence-corrected chi connectivity index (χ3v) is 2.70. The molecule has 6 nitrogen and oxygen atoms in total. The molecule has 6 heteroatoms. The topological polar surface area (TPSA) is 97.1 Å². The number of amides is 2. The Kier molecular flexibility index (Phi) is 3.95. The van der Waals surface area contributed by atoms with Crippen molar-refractivity contribution in [3.63, 3.8) is 0 Å². The van der Waals surface area contributed by atoms with E-state index >= 15 is 0 Å². The van der Waals surface area contributed by atoms with Gasteiger partial charge in [0.2, 0.25) is 0 Å². The van der Waals surface area contributed by atoms with Crippen LogP contribution in [0.5, 0.6) is 0 Å². The van der Waals surface area contributed by atoms with E-state index in [1.807, 2.05) is 0 Å². The molecule has 0 saturated carbocycles. The van der Waals surface area contributed by atoms with E-state index in [9.17, 15) is 9.59 Å². The number of hydrogen-bond acceptors (Lipinski definition) is 4. The number of nitrogens with zero attached hydrogens (tertiary/aromatic N) is 1. The summed E-state index contributed by atoms with van der Waals surface area (Å²) in [5, 5.41) is 5.16. The molecule has 0 aliphatic rings. The van der Waals surface area contributed by atoms with Gasteiger partial charge in [-0.25, -0.2) is 4.98 Å². The lowest BCUT2D eigenvalue weighted by atomic mass is 10.1. The highest BCUT2D eigenvalue weighted by molar-refractivity contribution is 6.10. The number of benzene rings is 1. The second-order valence-corrected chi connectivity index (χ2v) is 4.02. The molecular weight excluding hydrogens is 256 g/mol. The molecule has 1 heterocycles. The minimum Gasteiger partial charge on any atom is -0.397 e. The highest BCUT2D eigenvalue weighted by atomic mass is 16.2. The third kappa shape index (κ3) is 2.74. The molecule has 0 spiro atoms. The van der Waals surface area contributed by atoms with Crippen molar-refractivity contribution in [2.24, 2.45) is 0 Å². The van der Waals surface area contributed by atoms with E-state index in [0.717, 1.165) is 0 Å². The van der Waals surface area contributed by atoms with E-state index in [0.29, 0.717) is 11.3 Å². The van der Waals surface area contributed by atoms with Crippen LogP contribution in [0.3, 0.4) is 0 Å². The smallest absolute Gasteiger partial charge is 0.276 e. The zero-order valence-corrected chi connectivity index (χ0v) is 10.9. The molecule has 0 fully saturated rings. The van der Waals surface area contributed by atoms with Crippen molar-refractivity contribution in [2.45, 2.75) is 0 Å². The summed E-state index contributed by atoms with van der Waals surface area (Å²) in [7, 11) is 1.53. The molecule has 0 radical (unpaired) electrons. The first-order chi connectivity index (χ1) is 9.63. The van der Waals surface area contributed by atoms with Gasteiger partial charge in [0.15, 0.2) is 5.69 Å². The molecule has 1 aromatic carbocycles. The van der Waals surface area contributed by atoms with Crippen LogP contribution < -0.4 is 16.4 Å². The van der Waals surface area contributed by atoms with Crippen molar-refractivity contribution in [3.8, 4) is 0 Å². The minimum absolute atomic E-state index is 0.124. The Labute approximate surface area is 116 Å². The molecule has 0 unspecified atom stereocenters. The molecular formula is C14H14N4O2. The van der Waals surface area contributed by atoms with E-state index in [2.05, 4.69) is 15.6 Å². The predicted octanol–water partition coefficient (Wildman–Crippen LogP) is 1.28. The number of nitrogen functional groups attached to an aromatic ring is 1. The average molecular weight is 270 g/mol. The van der Waals surface area contributed by atoms with Crippen molar-refractivity contribution < 1.29 is 9.59 Å². The van der Waals surface area contributed by atoms with Gasteiger partial charge in [-0.3, -0.25) is 9.59 Å². The fourth-order valence-electron chi connectivity index (χ4n) is 1.71. The van der Waals surface area contributed by atoms with Crippen molar-refractivity contribution in [2.75, 3.05) is 18.1 Å². The lowest BCUT2D eigenvalue weighted by Crippen LogP contribution is -2.22. The second kappa shape index (κ2) is 5.83. The van der Waals surface area contributed by atoms with Crippen LogP contribution in [-0.4, -0.2) is 23.8 Å². The Hall–Kier alpha value is -2.89. The maximum absolute atomic E-state index is 12.1. The van der Waals surface area contributed by atoms with E-state index in [-0.39, 0.29) is 17.3 Å².